The molecule has 9 nitrogen and oxygen atoms in total. The summed E-state index contributed by atoms with van der Waals surface area (Å²) in [6.45, 7) is 3.52. The van der Waals surface area contributed by atoms with Crippen LogP contribution in [0.15, 0.2) is 41.1 Å². The average Bonchev–Trinajstić information content (AvgIpc) is 2.55. The third-order valence-electron chi connectivity index (χ3n) is 4.02. The molecule has 0 aliphatic carbocycles. The van der Waals surface area contributed by atoms with E-state index in [-0.39, 0.29) is 4.90 Å². The number of sulfonamides is 1. The molecule has 2 aliphatic heterocycles. The highest BCUT2D eigenvalue weighted by Crippen LogP contribution is 2.15. The number of halogens is 1. The summed E-state index contributed by atoms with van der Waals surface area (Å²) in [7, 11) is -1.71. The maximum atomic E-state index is 12.5. The molecule has 2 aliphatic rings. The Labute approximate surface area is 152 Å². The van der Waals surface area contributed by atoms with E-state index in [1.165, 1.54) is 29.5 Å². The third kappa shape index (κ3) is 4.61. The zero-order valence-corrected chi connectivity index (χ0v) is 15.4. The van der Waals surface area contributed by atoms with E-state index in [2.05, 4.69) is 32.5 Å². The Morgan fingerprint density at radius 1 is 1.20 bits per heavy atom. The quantitative estimate of drug-likeness (QED) is 0.534. The minimum atomic E-state index is -3.78. The molecule has 1 aromatic rings. The van der Waals surface area contributed by atoms with Crippen LogP contribution in [0.5, 0.6) is 0 Å². The molecule has 1 fully saturated rings. The van der Waals surface area contributed by atoms with Crippen LogP contribution in [0.1, 0.15) is 0 Å². The summed E-state index contributed by atoms with van der Waals surface area (Å²) < 4.78 is 25.0. The zero-order valence-electron chi connectivity index (χ0n) is 13.8. The minimum absolute atomic E-state index is 0.102. The van der Waals surface area contributed by atoms with Gasteiger partial charge in [-0.15, -0.1) is 4.83 Å². The fraction of sp³-hybridized carbons (Fsp3) is 0.429. The molecular formula is C14H22ClN7O2S. The summed E-state index contributed by atoms with van der Waals surface area (Å²) in [5, 5.41) is 1.64. The number of nitrogens with zero attached hydrogens (tertiary/aromatic N) is 3. The molecule has 25 heavy (non-hydrogen) atoms. The first kappa shape index (κ1) is 18.4. The van der Waals surface area contributed by atoms with Crippen LogP contribution in [-0.4, -0.2) is 62.8 Å². The molecule has 1 aromatic carbocycles. The number of benzene rings is 1. The first-order chi connectivity index (χ1) is 11.8. The van der Waals surface area contributed by atoms with Crippen LogP contribution in [0.4, 0.5) is 0 Å². The maximum absolute atomic E-state index is 12.5. The number of likely N-dealkylation sites (N-methyl/N-ethyl adjacent to an activating group) is 1. The van der Waals surface area contributed by atoms with E-state index < -0.39 is 16.2 Å². The fourth-order valence-electron chi connectivity index (χ4n) is 2.60. The van der Waals surface area contributed by atoms with Crippen LogP contribution in [0, 0.1) is 0 Å². The normalized spacial score (nSPS) is 23.2. The maximum Gasteiger partial charge on any atom is 0.256 e. The van der Waals surface area contributed by atoms with Crippen LogP contribution in [-0.2, 0) is 10.0 Å². The van der Waals surface area contributed by atoms with Crippen molar-refractivity contribution in [1.82, 2.24) is 30.7 Å². The number of hydrazine groups is 3. The van der Waals surface area contributed by atoms with Crippen LogP contribution in [0.3, 0.4) is 0 Å². The molecule has 0 spiro atoms. The van der Waals surface area contributed by atoms with Gasteiger partial charge in [-0.3, -0.25) is 5.43 Å². The predicted molar refractivity (Wildman–Crippen MR) is 95.0 cm³/mol. The van der Waals surface area contributed by atoms with Gasteiger partial charge in [0, 0.05) is 31.2 Å². The van der Waals surface area contributed by atoms with Gasteiger partial charge in [-0.1, -0.05) is 16.8 Å². The number of nitrogens with two attached hydrogens (primary N) is 1. The SMILES string of the molecule is CN1CCN(C2=CC(N)NN(NS(=O)(=O)c3ccc(Cl)cc3)N2)CC1. The predicted octanol–water partition coefficient (Wildman–Crippen LogP) is -0.768. The van der Waals surface area contributed by atoms with E-state index in [0.717, 1.165) is 32.0 Å². The van der Waals surface area contributed by atoms with E-state index in [9.17, 15) is 8.42 Å². The van der Waals surface area contributed by atoms with Crippen molar-refractivity contribution < 1.29 is 8.42 Å². The van der Waals surface area contributed by atoms with E-state index in [1.54, 1.807) is 0 Å². The van der Waals surface area contributed by atoms with E-state index in [0.29, 0.717) is 5.02 Å². The zero-order chi connectivity index (χ0) is 18.0. The number of piperazine rings is 1. The van der Waals surface area contributed by atoms with Gasteiger partial charge in [0.25, 0.3) is 10.0 Å². The Balaban J connectivity index is 1.69. The molecular weight excluding hydrogens is 366 g/mol. The fourth-order valence-corrected chi connectivity index (χ4v) is 3.66. The van der Waals surface area contributed by atoms with Gasteiger partial charge in [0.15, 0.2) is 0 Å². The summed E-state index contributed by atoms with van der Waals surface area (Å²) in [5.74, 6) is 0.762. The standard InChI is InChI=1S/C14H22ClN7O2S/c1-20-6-8-21(9-7-20)14-10-13(16)17-22(18-14)19-25(23,24)12-4-2-11(15)3-5-12/h2-5,10,13,17-19H,6-9,16H2,1H3. The molecule has 0 aromatic heterocycles. The summed E-state index contributed by atoms with van der Waals surface area (Å²) in [6, 6.07) is 5.92. The lowest BCUT2D eigenvalue weighted by Crippen LogP contribution is -2.66. The van der Waals surface area contributed by atoms with Crippen LogP contribution >= 0.6 is 11.6 Å². The van der Waals surface area contributed by atoms with E-state index >= 15 is 0 Å². The Morgan fingerprint density at radius 2 is 1.84 bits per heavy atom. The summed E-state index contributed by atoms with van der Waals surface area (Å²) >= 11 is 5.80. The summed E-state index contributed by atoms with van der Waals surface area (Å²) in [6.07, 6.45) is 1.29. The van der Waals surface area contributed by atoms with Crippen molar-refractivity contribution in [3.63, 3.8) is 0 Å². The monoisotopic (exact) mass is 387 g/mol. The first-order valence-electron chi connectivity index (χ1n) is 7.85. The van der Waals surface area contributed by atoms with Crippen molar-refractivity contribution in [2.24, 2.45) is 5.73 Å². The van der Waals surface area contributed by atoms with Gasteiger partial charge in [-0.25, -0.2) is 13.8 Å². The topological polar surface area (TPSA) is 106 Å². The Kier molecular flexibility index (Phi) is 5.49. The van der Waals surface area contributed by atoms with Crippen molar-refractivity contribution in [3.8, 4) is 0 Å². The molecule has 1 saturated heterocycles. The van der Waals surface area contributed by atoms with Gasteiger partial charge in [0.1, 0.15) is 5.82 Å². The van der Waals surface area contributed by atoms with Crippen LogP contribution in [0.2, 0.25) is 5.02 Å². The van der Waals surface area contributed by atoms with Gasteiger partial charge in [0.05, 0.1) is 11.1 Å². The van der Waals surface area contributed by atoms with Crippen molar-refractivity contribution in [2.45, 2.75) is 11.1 Å². The van der Waals surface area contributed by atoms with Gasteiger partial charge in [0.2, 0.25) is 0 Å². The lowest BCUT2D eigenvalue weighted by atomic mass is 10.3. The third-order valence-corrected chi connectivity index (χ3v) is 5.59. The molecule has 3 rings (SSSR count). The second-order valence-corrected chi connectivity index (χ2v) is 8.09. The molecule has 0 amide bonds. The highest BCUT2D eigenvalue weighted by atomic mass is 35.5. The Bertz CT molecular complexity index is 732. The Hall–Kier alpha value is -1.40. The molecule has 0 radical (unpaired) electrons. The molecule has 5 N–H and O–H groups in total. The largest absolute Gasteiger partial charge is 0.355 e. The highest BCUT2D eigenvalue weighted by Gasteiger charge is 2.26. The molecule has 1 unspecified atom stereocenters. The van der Waals surface area contributed by atoms with Gasteiger partial charge in [-0.05, 0) is 37.4 Å². The van der Waals surface area contributed by atoms with Crippen molar-refractivity contribution in [2.75, 3.05) is 33.2 Å². The smallest absolute Gasteiger partial charge is 0.256 e. The second kappa shape index (κ2) is 7.46. The summed E-state index contributed by atoms with van der Waals surface area (Å²) in [4.78, 5) is 6.89. The number of rotatable bonds is 4. The number of hydrogen-bond acceptors (Lipinski definition) is 8. The molecule has 11 heteroatoms. The molecule has 2 heterocycles. The molecule has 0 saturated carbocycles. The highest BCUT2D eigenvalue weighted by molar-refractivity contribution is 7.89. The minimum Gasteiger partial charge on any atom is -0.355 e. The first-order valence-corrected chi connectivity index (χ1v) is 9.71. The van der Waals surface area contributed by atoms with Crippen molar-refractivity contribution >= 4 is 21.6 Å². The molecule has 0 bridgehead atoms. The van der Waals surface area contributed by atoms with Gasteiger partial charge >= 0.3 is 0 Å². The van der Waals surface area contributed by atoms with E-state index in [4.69, 9.17) is 17.3 Å². The van der Waals surface area contributed by atoms with Crippen LogP contribution in [0.25, 0.3) is 0 Å². The number of nitrogens with one attached hydrogen (secondary N) is 3. The van der Waals surface area contributed by atoms with Crippen molar-refractivity contribution in [3.05, 3.63) is 41.2 Å². The average molecular weight is 388 g/mol. The lowest BCUT2D eigenvalue weighted by Gasteiger charge is -2.40. The van der Waals surface area contributed by atoms with Gasteiger partial charge < -0.3 is 15.5 Å². The summed E-state index contributed by atoms with van der Waals surface area (Å²) in [5.41, 5.74) is 11.8. The van der Waals surface area contributed by atoms with Crippen LogP contribution < -0.4 is 21.4 Å². The van der Waals surface area contributed by atoms with E-state index in [1.807, 2.05) is 6.08 Å². The number of hydrogen-bond donors (Lipinski definition) is 4. The molecule has 138 valence electrons. The van der Waals surface area contributed by atoms with Gasteiger partial charge in [-0.2, -0.15) is 0 Å². The molecule has 1 atom stereocenters. The Morgan fingerprint density at radius 3 is 2.48 bits per heavy atom. The lowest BCUT2D eigenvalue weighted by molar-refractivity contribution is 0.0471. The second-order valence-electron chi connectivity index (χ2n) is 5.99. The van der Waals surface area contributed by atoms with Crippen molar-refractivity contribution in [1.29, 1.82) is 0 Å².